The fourth-order valence-corrected chi connectivity index (χ4v) is 3.11. The Labute approximate surface area is 116 Å². The summed E-state index contributed by atoms with van der Waals surface area (Å²) >= 11 is 0. The van der Waals surface area contributed by atoms with Crippen molar-refractivity contribution in [1.82, 2.24) is 5.32 Å². The zero-order chi connectivity index (χ0) is 14.2. The molecule has 2 rings (SSSR count). The maximum Gasteiger partial charge on any atom is 0.234 e. The first-order valence-corrected chi connectivity index (χ1v) is 6.92. The Morgan fingerprint density at radius 2 is 1.79 bits per heavy atom. The van der Waals surface area contributed by atoms with Crippen molar-refractivity contribution in [3.05, 3.63) is 28.8 Å². The largest absolute Gasteiger partial charge is 0.319 e. The minimum atomic E-state index is -0.159. The van der Waals surface area contributed by atoms with E-state index in [9.17, 15) is 4.79 Å². The molecule has 1 aromatic carbocycles. The van der Waals surface area contributed by atoms with Crippen LogP contribution in [0.5, 0.6) is 0 Å². The van der Waals surface area contributed by atoms with Crippen molar-refractivity contribution in [3.63, 3.8) is 0 Å². The van der Waals surface area contributed by atoms with Gasteiger partial charge in [0.05, 0.1) is 5.41 Å². The summed E-state index contributed by atoms with van der Waals surface area (Å²) in [6.07, 6.45) is 2.00. The number of aryl methyl sites for hydroxylation is 3. The number of rotatable bonds is 4. The second-order valence-corrected chi connectivity index (χ2v) is 5.92. The summed E-state index contributed by atoms with van der Waals surface area (Å²) in [5, 5.41) is 3.15. The molecule has 1 amide bonds. The van der Waals surface area contributed by atoms with E-state index in [2.05, 4.69) is 38.2 Å². The van der Waals surface area contributed by atoms with Crippen LogP contribution >= 0.6 is 0 Å². The number of anilines is 1. The van der Waals surface area contributed by atoms with Crippen molar-refractivity contribution in [2.75, 3.05) is 25.5 Å². The molecule has 1 aromatic rings. The molecular weight excluding hydrogens is 236 g/mol. The van der Waals surface area contributed by atoms with Crippen molar-refractivity contribution in [1.29, 1.82) is 0 Å². The first-order chi connectivity index (χ1) is 8.91. The molecule has 0 aliphatic heterocycles. The Hall–Kier alpha value is -1.35. The molecule has 0 radical (unpaired) electrons. The van der Waals surface area contributed by atoms with Crippen LogP contribution in [0.2, 0.25) is 0 Å². The van der Waals surface area contributed by atoms with Gasteiger partial charge in [0.2, 0.25) is 5.91 Å². The van der Waals surface area contributed by atoms with E-state index < -0.39 is 0 Å². The fraction of sp³-hybridized carbons (Fsp3) is 0.562. The minimum Gasteiger partial charge on any atom is -0.319 e. The second kappa shape index (κ2) is 4.97. The molecule has 1 aliphatic carbocycles. The van der Waals surface area contributed by atoms with Crippen molar-refractivity contribution in [2.45, 2.75) is 33.6 Å². The number of nitrogens with zero attached hydrogens (tertiary/aromatic N) is 1. The Morgan fingerprint density at radius 1 is 1.26 bits per heavy atom. The summed E-state index contributed by atoms with van der Waals surface area (Å²) in [5.41, 5.74) is 4.50. The van der Waals surface area contributed by atoms with E-state index >= 15 is 0 Å². The molecule has 0 bridgehead atoms. The van der Waals surface area contributed by atoms with Crippen LogP contribution in [0.15, 0.2) is 12.1 Å². The van der Waals surface area contributed by atoms with Crippen molar-refractivity contribution < 1.29 is 4.79 Å². The predicted octanol–water partition coefficient (Wildman–Crippen LogP) is 2.57. The maximum atomic E-state index is 12.7. The second-order valence-electron chi connectivity index (χ2n) is 5.92. The van der Waals surface area contributed by atoms with Gasteiger partial charge in [-0.25, -0.2) is 0 Å². The molecule has 0 heterocycles. The quantitative estimate of drug-likeness (QED) is 0.902. The van der Waals surface area contributed by atoms with Crippen molar-refractivity contribution >= 4 is 11.6 Å². The standard InChI is InChI=1S/C16H24N2O/c1-11-8-12(2)14(13(3)9-11)18(5)15(19)16(6-7-16)10-17-4/h8-9,17H,6-7,10H2,1-5H3. The van der Waals surface area contributed by atoms with Gasteiger partial charge in [-0.05, 0) is 51.8 Å². The van der Waals surface area contributed by atoms with Crippen LogP contribution in [-0.4, -0.2) is 26.5 Å². The molecule has 19 heavy (non-hydrogen) atoms. The van der Waals surface area contributed by atoms with Gasteiger partial charge < -0.3 is 10.2 Å². The first-order valence-electron chi connectivity index (χ1n) is 6.92. The number of benzene rings is 1. The van der Waals surface area contributed by atoms with Gasteiger partial charge in [-0.3, -0.25) is 4.79 Å². The van der Waals surface area contributed by atoms with Gasteiger partial charge >= 0.3 is 0 Å². The van der Waals surface area contributed by atoms with Gasteiger partial charge in [0.1, 0.15) is 0 Å². The van der Waals surface area contributed by atoms with E-state index in [1.165, 1.54) is 16.7 Å². The van der Waals surface area contributed by atoms with Crippen molar-refractivity contribution in [3.8, 4) is 0 Å². The van der Waals surface area contributed by atoms with Crippen LogP contribution in [0.1, 0.15) is 29.5 Å². The van der Waals surface area contributed by atoms with Crippen LogP contribution in [0, 0.1) is 26.2 Å². The van der Waals surface area contributed by atoms with E-state index in [4.69, 9.17) is 0 Å². The average Bonchev–Trinajstić information content (AvgIpc) is 3.08. The van der Waals surface area contributed by atoms with Gasteiger partial charge in [-0.15, -0.1) is 0 Å². The Kier molecular flexibility index (Phi) is 3.68. The molecule has 0 unspecified atom stereocenters. The third-order valence-electron chi connectivity index (χ3n) is 4.10. The number of carbonyl (C=O) groups excluding carboxylic acids is 1. The molecule has 0 spiro atoms. The molecule has 1 aliphatic rings. The molecule has 3 nitrogen and oxygen atoms in total. The summed E-state index contributed by atoms with van der Waals surface area (Å²) in [4.78, 5) is 14.5. The molecule has 0 aromatic heterocycles. The van der Waals surface area contributed by atoms with Gasteiger partial charge in [-0.1, -0.05) is 17.7 Å². The van der Waals surface area contributed by atoms with Crippen LogP contribution in [0.25, 0.3) is 0 Å². The fourth-order valence-electron chi connectivity index (χ4n) is 3.11. The number of carbonyl (C=O) groups is 1. The van der Waals surface area contributed by atoms with E-state index in [0.29, 0.717) is 0 Å². The Morgan fingerprint density at radius 3 is 2.21 bits per heavy atom. The number of amides is 1. The van der Waals surface area contributed by atoms with Crippen LogP contribution in [0.4, 0.5) is 5.69 Å². The maximum absolute atomic E-state index is 12.7. The minimum absolute atomic E-state index is 0.159. The highest BCUT2D eigenvalue weighted by Crippen LogP contribution is 2.47. The summed E-state index contributed by atoms with van der Waals surface area (Å²) < 4.78 is 0. The number of hydrogen-bond acceptors (Lipinski definition) is 2. The SMILES string of the molecule is CNCC1(C(=O)N(C)c2c(C)cc(C)cc2C)CC1. The van der Waals surface area contributed by atoms with Crippen LogP contribution in [-0.2, 0) is 4.79 Å². The van der Waals surface area contributed by atoms with E-state index in [-0.39, 0.29) is 11.3 Å². The molecule has 1 N–H and O–H groups in total. The lowest BCUT2D eigenvalue weighted by Crippen LogP contribution is -2.39. The Bertz CT molecular complexity index is 480. The summed E-state index contributed by atoms with van der Waals surface area (Å²) in [6.45, 7) is 7.03. The molecule has 104 valence electrons. The third-order valence-corrected chi connectivity index (χ3v) is 4.10. The zero-order valence-electron chi connectivity index (χ0n) is 12.6. The molecule has 3 heteroatoms. The third kappa shape index (κ3) is 2.52. The van der Waals surface area contributed by atoms with Gasteiger partial charge in [0, 0.05) is 19.3 Å². The molecule has 1 saturated carbocycles. The topological polar surface area (TPSA) is 32.3 Å². The normalized spacial score (nSPS) is 16.3. The zero-order valence-corrected chi connectivity index (χ0v) is 12.6. The monoisotopic (exact) mass is 260 g/mol. The average molecular weight is 260 g/mol. The molecule has 0 atom stereocenters. The van der Waals surface area contributed by atoms with E-state index in [1.54, 1.807) is 0 Å². The number of hydrogen-bond donors (Lipinski definition) is 1. The first kappa shape index (κ1) is 14.1. The van der Waals surface area contributed by atoms with Gasteiger partial charge in [-0.2, -0.15) is 0 Å². The lowest BCUT2D eigenvalue weighted by atomic mass is 10.0. The predicted molar refractivity (Wildman–Crippen MR) is 79.7 cm³/mol. The highest BCUT2D eigenvalue weighted by atomic mass is 16.2. The van der Waals surface area contributed by atoms with Crippen LogP contribution < -0.4 is 10.2 Å². The van der Waals surface area contributed by atoms with Gasteiger partial charge in [0.25, 0.3) is 0 Å². The lowest BCUT2D eigenvalue weighted by Gasteiger charge is -2.26. The molecule has 1 fully saturated rings. The van der Waals surface area contributed by atoms with Crippen molar-refractivity contribution in [2.24, 2.45) is 5.41 Å². The summed E-state index contributed by atoms with van der Waals surface area (Å²) in [7, 11) is 3.82. The Balaban J connectivity index is 2.30. The van der Waals surface area contributed by atoms with Crippen LogP contribution in [0.3, 0.4) is 0 Å². The number of nitrogens with one attached hydrogen (secondary N) is 1. The highest BCUT2D eigenvalue weighted by Gasteiger charge is 2.50. The molecular formula is C16H24N2O. The van der Waals surface area contributed by atoms with E-state index in [1.807, 2.05) is 19.0 Å². The summed E-state index contributed by atoms with van der Waals surface area (Å²) in [6, 6.07) is 4.29. The summed E-state index contributed by atoms with van der Waals surface area (Å²) in [5.74, 6) is 0.247. The van der Waals surface area contributed by atoms with Gasteiger partial charge in [0.15, 0.2) is 0 Å². The van der Waals surface area contributed by atoms with E-state index in [0.717, 1.165) is 25.1 Å². The highest BCUT2D eigenvalue weighted by molar-refractivity contribution is 6.00. The molecule has 0 saturated heterocycles. The smallest absolute Gasteiger partial charge is 0.234 e. The lowest BCUT2D eigenvalue weighted by molar-refractivity contribution is -0.123.